The molecule has 0 aliphatic rings. The highest BCUT2D eigenvalue weighted by atomic mass is 16.5. The first-order valence-corrected chi connectivity index (χ1v) is 9.40. The van der Waals surface area contributed by atoms with Crippen LogP contribution in [0.1, 0.15) is 26.3 Å². The quantitative estimate of drug-likeness (QED) is 0.527. The fourth-order valence-electron chi connectivity index (χ4n) is 2.89. The van der Waals surface area contributed by atoms with E-state index in [0.29, 0.717) is 17.3 Å². The van der Waals surface area contributed by atoms with Crippen LogP contribution in [0.25, 0.3) is 28.2 Å². The number of pyridine rings is 2. The topological polar surface area (TPSA) is 95.9 Å². The molecule has 0 aliphatic heterocycles. The first-order chi connectivity index (χ1) is 14.1. The number of imidazole rings is 1. The number of carbonyl (C=O) groups excluding carboxylic acids is 1. The predicted molar refractivity (Wildman–Crippen MR) is 113 cm³/mol. The predicted octanol–water partition coefficient (Wildman–Crippen LogP) is 4.15. The van der Waals surface area contributed by atoms with Crippen LogP contribution in [-0.4, -0.2) is 25.5 Å². The summed E-state index contributed by atoms with van der Waals surface area (Å²) in [6.45, 7) is 5.63. The maximum absolute atomic E-state index is 11.0. The zero-order chi connectivity index (χ0) is 20.8. The van der Waals surface area contributed by atoms with Gasteiger partial charge in [-0.05, 0) is 42.0 Å². The largest absolute Gasteiger partial charge is 0.461 e. The van der Waals surface area contributed by atoms with E-state index in [0.717, 1.165) is 22.3 Å². The minimum Gasteiger partial charge on any atom is -0.461 e. The number of benzene rings is 1. The van der Waals surface area contributed by atoms with E-state index >= 15 is 0 Å². The molecule has 3 aromatic heterocycles. The maximum Gasteiger partial charge on any atom is 0.302 e. The fraction of sp³-hybridized carbons (Fsp3) is 0.182. The van der Waals surface area contributed by atoms with E-state index in [1.807, 2.05) is 66.9 Å². The van der Waals surface area contributed by atoms with Crippen LogP contribution in [0.3, 0.4) is 0 Å². The Labute approximate surface area is 169 Å². The minimum atomic E-state index is -0.305. The summed E-state index contributed by atoms with van der Waals surface area (Å²) in [5.74, 6) is 0.766. The van der Waals surface area contributed by atoms with Gasteiger partial charge in [-0.25, -0.2) is 15.0 Å². The van der Waals surface area contributed by atoms with Gasteiger partial charge in [0.2, 0.25) is 0 Å². The molecule has 0 unspecified atom stereocenters. The average Bonchev–Trinajstić information content (AvgIpc) is 3.13. The highest BCUT2D eigenvalue weighted by Crippen LogP contribution is 2.30. The number of rotatable bonds is 4. The average molecular weight is 389 g/mol. The second kappa shape index (κ2) is 8.97. The summed E-state index contributed by atoms with van der Waals surface area (Å²) >= 11 is 0. The Hall–Kier alpha value is -3.74. The van der Waals surface area contributed by atoms with Gasteiger partial charge in [0, 0.05) is 25.0 Å². The summed E-state index contributed by atoms with van der Waals surface area (Å²) in [4.78, 5) is 24.2. The lowest BCUT2D eigenvalue weighted by Gasteiger charge is -2.11. The number of hydrogen-bond donors (Lipinski definition) is 1. The third kappa shape index (κ3) is 4.24. The number of hydrogen-bond acceptors (Lipinski definition) is 6. The number of nitrogens with two attached hydrogens (primary N) is 1. The molecule has 0 spiro atoms. The van der Waals surface area contributed by atoms with Gasteiger partial charge in [-0.3, -0.25) is 9.36 Å². The molecule has 0 radical (unpaired) electrons. The van der Waals surface area contributed by atoms with Crippen molar-refractivity contribution in [1.29, 1.82) is 0 Å². The molecule has 7 nitrogen and oxygen atoms in total. The first kappa shape index (κ1) is 20.0. The molecule has 0 bridgehead atoms. The van der Waals surface area contributed by atoms with Gasteiger partial charge < -0.3 is 10.5 Å². The third-order valence-corrected chi connectivity index (χ3v) is 4.15. The van der Waals surface area contributed by atoms with E-state index in [4.69, 9.17) is 10.5 Å². The first-order valence-electron chi connectivity index (χ1n) is 9.40. The molecule has 29 heavy (non-hydrogen) atoms. The van der Waals surface area contributed by atoms with Crippen LogP contribution in [0.5, 0.6) is 0 Å². The molecule has 1 aromatic carbocycles. The number of aromatic nitrogens is 4. The SMILES string of the molecule is CC.CC(=O)OCc1ccc(-n2c(-c3cccnc3N)nc3ncccc32)cc1. The Morgan fingerprint density at radius 3 is 2.41 bits per heavy atom. The summed E-state index contributed by atoms with van der Waals surface area (Å²) in [7, 11) is 0. The maximum atomic E-state index is 11.0. The zero-order valence-corrected chi connectivity index (χ0v) is 16.7. The number of ether oxygens (including phenoxy) is 1. The van der Waals surface area contributed by atoms with Crippen molar-refractivity contribution in [3.8, 4) is 17.1 Å². The number of nitrogens with zero attached hydrogens (tertiary/aromatic N) is 4. The molecule has 3 heterocycles. The highest BCUT2D eigenvalue weighted by molar-refractivity contribution is 5.82. The van der Waals surface area contributed by atoms with Crippen LogP contribution < -0.4 is 5.73 Å². The number of fused-ring (bicyclic) bond motifs is 1. The summed E-state index contributed by atoms with van der Waals surface area (Å²) < 4.78 is 7.04. The Morgan fingerprint density at radius 1 is 1.03 bits per heavy atom. The van der Waals surface area contributed by atoms with Crippen molar-refractivity contribution in [1.82, 2.24) is 19.5 Å². The van der Waals surface area contributed by atoms with Crippen molar-refractivity contribution in [3.05, 3.63) is 66.5 Å². The van der Waals surface area contributed by atoms with Gasteiger partial charge in [-0.1, -0.05) is 26.0 Å². The minimum absolute atomic E-state index is 0.240. The number of carbonyl (C=O) groups is 1. The molecule has 7 heteroatoms. The van der Waals surface area contributed by atoms with E-state index < -0.39 is 0 Å². The van der Waals surface area contributed by atoms with E-state index in [2.05, 4.69) is 15.0 Å². The molecule has 0 saturated carbocycles. The Kier molecular flexibility index (Phi) is 6.19. The van der Waals surface area contributed by atoms with Crippen LogP contribution in [-0.2, 0) is 16.1 Å². The molecule has 0 saturated heterocycles. The summed E-state index contributed by atoms with van der Waals surface area (Å²) in [6.07, 6.45) is 3.35. The van der Waals surface area contributed by atoms with Gasteiger partial charge in [0.15, 0.2) is 11.5 Å². The van der Waals surface area contributed by atoms with Crippen LogP contribution in [0, 0.1) is 0 Å². The molecule has 0 aliphatic carbocycles. The summed E-state index contributed by atoms with van der Waals surface area (Å²) in [6, 6.07) is 15.3. The molecular weight excluding hydrogens is 366 g/mol. The zero-order valence-electron chi connectivity index (χ0n) is 16.7. The highest BCUT2D eigenvalue weighted by Gasteiger charge is 2.17. The van der Waals surface area contributed by atoms with Crippen molar-refractivity contribution in [2.24, 2.45) is 0 Å². The van der Waals surface area contributed by atoms with Crippen LogP contribution >= 0.6 is 0 Å². The molecule has 4 aromatic rings. The van der Waals surface area contributed by atoms with Crippen molar-refractivity contribution >= 4 is 23.0 Å². The Morgan fingerprint density at radius 2 is 1.72 bits per heavy atom. The molecule has 2 N–H and O–H groups in total. The van der Waals surface area contributed by atoms with Crippen LogP contribution in [0.2, 0.25) is 0 Å². The lowest BCUT2D eigenvalue weighted by molar-refractivity contribution is -0.142. The number of nitrogen functional groups attached to an aromatic ring is 1. The van der Waals surface area contributed by atoms with Gasteiger partial charge >= 0.3 is 5.97 Å². The lowest BCUT2D eigenvalue weighted by Crippen LogP contribution is -2.02. The smallest absolute Gasteiger partial charge is 0.302 e. The number of esters is 1. The van der Waals surface area contributed by atoms with Crippen molar-refractivity contribution in [2.75, 3.05) is 5.73 Å². The second-order valence-corrected chi connectivity index (χ2v) is 6.00. The second-order valence-electron chi connectivity index (χ2n) is 6.00. The van der Waals surface area contributed by atoms with E-state index in [1.54, 1.807) is 12.4 Å². The Balaban J connectivity index is 0.00000117. The van der Waals surface area contributed by atoms with E-state index in [9.17, 15) is 4.79 Å². The summed E-state index contributed by atoms with van der Waals surface area (Å²) in [5.41, 5.74) is 10.1. The van der Waals surface area contributed by atoms with Crippen molar-refractivity contribution in [3.63, 3.8) is 0 Å². The molecule has 0 fully saturated rings. The van der Waals surface area contributed by atoms with Gasteiger partial charge in [0.05, 0.1) is 11.1 Å². The fourth-order valence-corrected chi connectivity index (χ4v) is 2.89. The van der Waals surface area contributed by atoms with Crippen molar-refractivity contribution < 1.29 is 9.53 Å². The lowest BCUT2D eigenvalue weighted by atomic mass is 10.2. The van der Waals surface area contributed by atoms with Gasteiger partial charge in [-0.15, -0.1) is 0 Å². The number of anilines is 1. The van der Waals surface area contributed by atoms with Gasteiger partial charge in [0.1, 0.15) is 12.4 Å². The van der Waals surface area contributed by atoms with Crippen molar-refractivity contribution in [2.45, 2.75) is 27.4 Å². The van der Waals surface area contributed by atoms with Gasteiger partial charge in [0.25, 0.3) is 0 Å². The normalized spacial score (nSPS) is 10.3. The van der Waals surface area contributed by atoms with Gasteiger partial charge in [-0.2, -0.15) is 0 Å². The summed E-state index contributed by atoms with van der Waals surface area (Å²) in [5, 5.41) is 0. The molecular formula is C22H23N5O2. The monoisotopic (exact) mass is 389 g/mol. The molecule has 0 atom stereocenters. The van der Waals surface area contributed by atoms with E-state index in [-0.39, 0.29) is 12.6 Å². The Bertz CT molecular complexity index is 1120. The molecule has 0 amide bonds. The molecule has 4 rings (SSSR count). The van der Waals surface area contributed by atoms with Crippen LogP contribution in [0.4, 0.5) is 5.82 Å². The third-order valence-electron chi connectivity index (χ3n) is 4.15. The standard InChI is InChI=1S/C20H17N5O2.C2H6/c1-13(26)27-12-14-6-8-15(9-7-14)25-17-5-3-11-23-19(17)24-20(25)16-4-2-10-22-18(16)21;1-2/h2-11H,12H2,1H3,(H2,21,22);1-2H3. The van der Waals surface area contributed by atoms with E-state index in [1.165, 1.54) is 6.92 Å². The molecule has 148 valence electrons. The van der Waals surface area contributed by atoms with Crippen LogP contribution in [0.15, 0.2) is 60.9 Å².